The Balaban J connectivity index is 1.12. The summed E-state index contributed by atoms with van der Waals surface area (Å²) in [6.45, 7) is 0. The highest BCUT2D eigenvalue weighted by Crippen LogP contribution is 2.61. The lowest BCUT2D eigenvalue weighted by atomic mass is 9.73. The molecular weight excluding hydrogens is 1050 g/mol. The zero-order chi connectivity index (χ0) is 56.4. The van der Waals surface area contributed by atoms with E-state index in [1.54, 1.807) is 24.3 Å². The molecule has 0 unspecified atom stereocenters. The summed E-state index contributed by atoms with van der Waals surface area (Å²) >= 11 is 0. The van der Waals surface area contributed by atoms with Gasteiger partial charge in [-0.15, -0.1) is 0 Å². The zero-order valence-corrected chi connectivity index (χ0v) is 44.7. The molecule has 0 saturated heterocycles. The number of fused-ring (bicyclic) bond motifs is 5. The Bertz CT molecular complexity index is 6950. The van der Waals surface area contributed by atoms with E-state index in [9.17, 15) is 14.4 Å². The molecule has 5 heterocycles. The molecule has 0 aliphatic carbocycles. The van der Waals surface area contributed by atoms with Crippen molar-refractivity contribution in [2.45, 2.75) is 0 Å². The molecule has 0 aliphatic rings. The SMILES string of the molecule is Cn1c(=O)c2ccc3c4ccc5c(=O)n(C)c(=O)c6c5c4c4c5c(cc(c1=O)c2c35)c1c2c(=O)n(C)c(=O)c3cc5c7c(c32)c2c3c(cc8c(=O)n(C)c(=O)c9cc(c7c3c89)n5-c3ccc(N(c5ccccc5)c5ccccc5)cc3)c6c4c12. The first-order valence-electron chi connectivity index (χ1n) is 27.6. The molecule has 0 spiro atoms. The smallest absolute Gasteiger partial charge is 0.261 e. The first-order valence-corrected chi connectivity index (χ1v) is 27.6. The lowest BCUT2D eigenvalue weighted by Gasteiger charge is -2.28. The fourth-order valence-electron chi connectivity index (χ4n) is 16.3. The Labute approximate surface area is 465 Å². The second-order valence-electron chi connectivity index (χ2n) is 23.2. The summed E-state index contributed by atoms with van der Waals surface area (Å²) in [5.41, 5.74) is 0.471. The third-order valence-electron chi connectivity index (χ3n) is 19.6. The first kappa shape index (κ1) is 44.4. The number of para-hydroxylation sites is 2. The maximum atomic E-state index is 15.9. The minimum absolute atomic E-state index is 0.233. The van der Waals surface area contributed by atoms with Crippen molar-refractivity contribution in [3.8, 4) is 5.69 Å². The molecule has 14 nitrogen and oxygen atoms in total. The van der Waals surface area contributed by atoms with Crippen molar-refractivity contribution < 1.29 is 0 Å². The normalized spacial score (nSPS) is 13.1. The van der Waals surface area contributed by atoms with Gasteiger partial charge in [0.15, 0.2) is 0 Å². The van der Waals surface area contributed by atoms with E-state index in [2.05, 4.69) is 9.47 Å². The van der Waals surface area contributed by atoms with Crippen molar-refractivity contribution in [1.82, 2.24) is 22.8 Å². The van der Waals surface area contributed by atoms with Gasteiger partial charge < -0.3 is 9.47 Å². The molecule has 0 amide bonds. The van der Waals surface area contributed by atoms with Crippen molar-refractivity contribution in [3.63, 3.8) is 0 Å². The first-order chi connectivity index (χ1) is 40.8. The van der Waals surface area contributed by atoms with Gasteiger partial charge in [0.25, 0.3) is 44.5 Å². The van der Waals surface area contributed by atoms with Gasteiger partial charge in [0, 0.05) is 143 Å². The Morgan fingerprint density at radius 1 is 0.238 bits per heavy atom. The highest BCUT2D eigenvalue weighted by atomic mass is 16.2. The van der Waals surface area contributed by atoms with Crippen molar-refractivity contribution >= 4 is 190 Å². The predicted molar refractivity (Wildman–Crippen MR) is 338 cm³/mol. The Kier molecular flexibility index (Phi) is 7.31. The predicted octanol–water partition coefficient (Wildman–Crippen LogP) is 11.0. The summed E-state index contributed by atoms with van der Waals surface area (Å²) in [4.78, 5) is 123. The summed E-state index contributed by atoms with van der Waals surface area (Å²) in [5, 5.41) is 14.7. The highest BCUT2D eigenvalue weighted by Gasteiger charge is 2.37. The van der Waals surface area contributed by atoms with Gasteiger partial charge in [0.2, 0.25) is 0 Å². The number of hydrogen-bond donors (Lipinski definition) is 0. The average molecular weight is 1090 g/mol. The summed E-state index contributed by atoms with van der Waals surface area (Å²) in [6.07, 6.45) is 0. The number of nitrogens with zero attached hydrogens (tertiary/aromatic N) is 6. The standard InChI is InChI=1S/C70H34N6O8/c1-71-63(77)33-21-19-31-32-20-22-34-47-46(32)56-48-35(23-37(65(71)79)43(33)45(31)48)50-60-58-49-36(51(59(56)60)61(47)69(83)73(3)64(34)78)24-38-44-39(67(81)72(2)66(38)80)25-41-53(55(44)49)54-42(26-40-52(57(54)58)62(50)70(84)74(4)68(40)82)76(41)30-17-15-29(16-18-30)75(27-11-7-5-8-12-27)28-13-9-6-10-14-28/h5-26H,1-4H3. The summed E-state index contributed by atoms with van der Waals surface area (Å²) in [6, 6.07) is 42.7. The number of aromatic nitrogens is 5. The summed E-state index contributed by atoms with van der Waals surface area (Å²) in [5.74, 6) is 0. The molecule has 84 heavy (non-hydrogen) atoms. The van der Waals surface area contributed by atoms with E-state index in [1.807, 2.05) is 109 Å². The van der Waals surface area contributed by atoms with Crippen LogP contribution in [0.15, 0.2) is 172 Å². The van der Waals surface area contributed by atoms with Gasteiger partial charge in [0.1, 0.15) is 0 Å². The van der Waals surface area contributed by atoms with Crippen molar-refractivity contribution in [3.05, 3.63) is 216 Å². The van der Waals surface area contributed by atoms with Gasteiger partial charge >= 0.3 is 0 Å². The van der Waals surface area contributed by atoms with E-state index in [0.717, 1.165) is 35.3 Å². The van der Waals surface area contributed by atoms with Crippen molar-refractivity contribution in [1.29, 1.82) is 0 Å². The number of benzene rings is 15. The molecule has 0 fully saturated rings. The van der Waals surface area contributed by atoms with E-state index in [-0.39, 0.29) is 32.3 Å². The van der Waals surface area contributed by atoms with Crippen LogP contribution in [-0.4, -0.2) is 22.8 Å². The molecule has 0 bridgehead atoms. The van der Waals surface area contributed by atoms with Crippen LogP contribution in [0.3, 0.4) is 0 Å². The topological polar surface area (TPSA) is 164 Å². The lowest BCUT2D eigenvalue weighted by Crippen LogP contribution is -2.31. The fourth-order valence-corrected chi connectivity index (χ4v) is 16.3. The molecule has 20 rings (SSSR count). The largest absolute Gasteiger partial charge is 0.311 e. The maximum Gasteiger partial charge on any atom is 0.261 e. The van der Waals surface area contributed by atoms with Crippen LogP contribution in [0.2, 0.25) is 0 Å². The zero-order valence-electron chi connectivity index (χ0n) is 44.7. The Morgan fingerprint density at radius 2 is 0.536 bits per heavy atom. The lowest BCUT2D eigenvalue weighted by molar-refractivity contribution is 0.841. The van der Waals surface area contributed by atoms with E-state index in [1.165, 1.54) is 28.2 Å². The van der Waals surface area contributed by atoms with Crippen LogP contribution in [0.25, 0.3) is 178 Å². The van der Waals surface area contributed by atoms with E-state index in [0.29, 0.717) is 146 Å². The Morgan fingerprint density at radius 3 is 1.04 bits per heavy atom. The molecule has 0 aliphatic heterocycles. The number of anilines is 3. The molecule has 14 heteroatoms. The van der Waals surface area contributed by atoms with Gasteiger partial charge in [-0.1, -0.05) is 48.5 Å². The summed E-state index contributed by atoms with van der Waals surface area (Å²) in [7, 11) is 5.86. The van der Waals surface area contributed by atoms with Crippen LogP contribution in [0, 0.1) is 0 Å². The van der Waals surface area contributed by atoms with Crippen molar-refractivity contribution in [2.75, 3.05) is 4.90 Å². The van der Waals surface area contributed by atoms with Gasteiger partial charge in [-0.25, -0.2) is 0 Å². The van der Waals surface area contributed by atoms with Gasteiger partial charge in [-0.05, 0) is 133 Å². The second-order valence-corrected chi connectivity index (χ2v) is 23.2. The third-order valence-corrected chi connectivity index (χ3v) is 19.6. The van der Waals surface area contributed by atoms with E-state index in [4.69, 9.17) is 0 Å². The maximum absolute atomic E-state index is 15.9. The molecule has 5 aromatic heterocycles. The molecule has 0 N–H and O–H groups in total. The van der Waals surface area contributed by atoms with Crippen LogP contribution in [0.4, 0.5) is 17.1 Å². The molecule has 392 valence electrons. The number of hydrogen-bond acceptors (Lipinski definition) is 9. The Hall–Kier alpha value is -11.4. The molecule has 15 aromatic carbocycles. The number of pyridine rings is 4. The van der Waals surface area contributed by atoms with Crippen LogP contribution in [-0.2, 0) is 28.2 Å². The molecular formula is C70H34N6O8. The summed E-state index contributed by atoms with van der Waals surface area (Å²) < 4.78 is 6.56. The molecule has 0 atom stereocenters. The highest BCUT2D eigenvalue weighted by molar-refractivity contribution is 6.62. The molecule has 0 radical (unpaired) electrons. The molecule has 20 aromatic rings. The number of rotatable bonds is 4. The fraction of sp³-hybridized carbons (Fsp3) is 0.0571. The average Bonchev–Trinajstić information content (AvgIpc) is 0.988. The van der Waals surface area contributed by atoms with Gasteiger partial charge in [-0.3, -0.25) is 56.6 Å². The van der Waals surface area contributed by atoms with Gasteiger partial charge in [0.05, 0.1) is 32.6 Å². The van der Waals surface area contributed by atoms with E-state index < -0.39 is 44.5 Å². The molecule has 0 saturated carbocycles. The van der Waals surface area contributed by atoms with Crippen LogP contribution in [0.1, 0.15) is 0 Å². The monoisotopic (exact) mass is 1090 g/mol. The van der Waals surface area contributed by atoms with Crippen LogP contribution in [0.5, 0.6) is 0 Å². The second kappa shape index (κ2) is 13.8. The van der Waals surface area contributed by atoms with E-state index >= 15 is 24.0 Å². The van der Waals surface area contributed by atoms with Crippen molar-refractivity contribution in [2.24, 2.45) is 28.2 Å². The van der Waals surface area contributed by atoms with Gasteiger partial charge in [-0.2, -0.15) is 0 Å². The minimum atomic E-state index is -0.570. The van der Waals surface area contributed by atoms with Crippen LogP contribution < -0.4 is 49.4 Å². The quantitative estimate of drug-likeness (QED) is 0.123. The minimum Gasteiger partial charge on any atom is -0.311 e. The van der Waals surface area contributed by atoms with Crippen LogP contribution >= 0.6 is 0 Å². The third kappa shape index (κ3) is 4.47.